The van der Waals surface area contributed by atoms with Crippen LogP contribution in [-0.2, 0) is 4.74 Å². The summed E-state index contributed by atoms with van der Waals surface area (Å²) in [6, 6.07) is 3.26. The molecule has 5 heteroatoms. The van der Waals surface area contributed by atoms with E-state index in [4.69, 9.17) is 10.5 Å². The first-order valence-electron chi connectivity index (χ1n) is 6.37. The number of nitrogen functional groups attached to an aromatic ring is 1. The molecule has 2 aliphatic heterocycles. The fourth-order valence-corrected chi connectivity index (χ4v) is 2.84. The van der Waals surface area contributed by atoms with Crippen molar-refractivity contribution in [2.75, 3.05) is 12.3 Å². The zero-order valence-electron chi connectivity index (χ0n) is 10.1. The molecule has 3 atom stereocenters. The van der Waals surface area contributed by atoms with E-state index in [2.05, 4.69) is 10.3 Å². The molecule has 5 nitrogen and oxygen atoms in total. The molecule has 2 saturated heterocycles. The van der Waals surface area contributed by atoms with Crippen molar-refractivity contribution in [3.63, 3.8) is 0 Å². The van der Waals surface area contributed by atoms with E-state index in [9.17, 15) is 4.79 Å². The van der Waals surface area contributed by atoms with Crippen molar-refractivity contribution >= 4 is 11.6 Å². The van der Waals surface area contributed by atoms with Crippen molar-refractivity contribution in [3.8, 4) is 0 Å². The smallest absolute Gasteiger partial charge is 0.269 e. The number of ether oxygens (including phenoxy) is 1. The van der Waals surface area contributed by atoms with Gasteiger partial charge in [0.15, 0.2) is 0 Å². The average molecular weight is 247 g/mol. The van der Waals surface area contributed by atoms with E-state index in [0.29, 0.717) is 36.1 Å². The van der Waals surface area contributed by atoms with Crippen molar-refractivity contribution in [1.82, 2.24) is 10.3 Å². The standard InChI is InChI=1S/C13H17N3O2/c14-9-3-4-15-11(6-9)13(17)16-7-8-5-10-1-2-12(8)18-10/h3-4,6,8,10,12H,1-2,5,7H2,(H2,14,15)(H,16,17). The maximum atomic E-state index is 11.9. The van der Waals surface area contributed by atoms with Crippen LogP contribution in [0.25, 0.3) is 0 Å². The van der Waals surface area contributed by atoms with Crippen LogP contribution in [0, 0.1) is 5.92 Å². The Bertz CT molecular complexity index is 463. The van der Waals surface area contributed by atoms with Gasteiger partial charge in [-0.3, -0.25) is 9.78 Å². The van der Waals surface area contributed by atoms with Crippen LogP contribution >= 0.6 is 0 Å². The number of carbonyl (C=O) groups is 1. The van der Waals surface area contributed by atoms with Gasteiger partial charge < -0.3 is 15.8 Å². The SMILES string of the molecule is Nc1ccnc(C(=O)NCC2CC3CCC2O3)c1. The topological polar surface area (TPSA) is 77.2 Å². The minimum absolute atomic E-state index is 0.162. The van der Waals surface area contributed by atoms with Gasteiger partial charge in [-0.1, -0.05) is 0 Å². The van der Waals surface area contributed by atoms with Gasteiger partial charge in [0.05, 0.1) is 12.2 Å². The molecular weight excluding hydrogens is 230 g/mol. The first-order valence-corrected chi connectivity index (χ1v) is 6.37. The fraction of sp³-hybridized carbons (Fsp3) is 0.538. The molecule has 0 spiro atoms. The maximum absolute atomic E-state index is 11.9. The number of amides is 1. The second kappa shape index (κ2) is 4.57. The normalized spacial score (nSPS) is 29.4. The van der Waals surface area contributed by atoms with Crippen molar-refractivity contribution in [2.45, 2.75) is 31.5 Å². The average Bonchev–Trinajstić information content (AvgIpc) is 2.98. The van der Waals surface area contributed by atoms with E-state index in [1.807, 2.05) is 0 Å². The Morgan fingerprint density at radius 3 is 3.11 bits per heavy atom. The number of nitrogens with zero attached hydrogens (tertiary/aromatic N) is 1. The molecular formula is C13H17N3O2. The van der Waals surface area contributed by atoms with Gasteiger partial charge >= 0.3 is 0 Å². The molecule has 0 aromatic carbocycles. The molecule has 2 aliphatic rings. The molecule has 3 heterocycles. The van der Waals surface area contributed by atoms with Crippen LogP contribution in [0.3, 0.4) is 0 Å². The zero-order chi connectivity index (χ0) is 12.5. The molecule has 18 heavy (non-hydrogen) atoms. The molecule has 0 aliphatic carbocycles. The molecule has 0 radical (unpaired) electrons. The highest BCUT2D eigenvalue weighted by molar-refractivity contribution is 5.92. The van der Waals surface area contributed by atoms with Crippen molar-refractivity contribution in [2.24, 2.45) is 5.92 Å². The van der Waals surface area contributed by atoms with Gasteiger partial charge in [0.2, 0.25) is 0 Å². The Morgan fingerprint density at radius 1 is 1.56 bits per heavy atom. The number of fused-ring (bicyclic) bond motifs is 2. The summed E-state index contributed by atoms with van der Waals surface area (Å²) in [5.74, 6) is 0.291. The summed E-state index contributed by atoms with van der Waals surface area (Å²) in [6.45, 7) is 0.663. The minimum Gasteiger partial charge on any atom is -0.399 e. The van der Waals surface area contributed by atoms with Gasteiger partial charge in [0.1, 0.15) is 5.69 Å². The monoisotopic (exact) mass is 247 g/mol. The van der Waals surface area contributed by atoms with E-state index in [1.165, 1.54) is 6.42 Å². The lowest BCUT2D eigenvalue weighted by Crippen LogP contribution is -2.33. The predicted octanol–water partition coefficient (Wildman–Crippen LogP) is 0.961. The summed E-state index contributed by atoms with van der Waals surface area (Å²) in [5, 5.41) is 2.92. The van der Waals surface area contributed by atoms with Crippen molar-refractivity contribution < 1.29 is 9.53 Å². The Hall–Kier alpha value is -1.62. The van der Waals surface area contributed by atoms with Gasteiger partial charge in [-0.25, -0.2) is 0 Å². The third-order valence-corrected chi connectivity index (χ3v) is 3.77. The Labute approximate surface area is 106 Å². The van der Waals surface area contributed by atoms with Gasteiger partial charge in [-0.05, 0) is 31.4 Å². The second-order valence-corrected chi connectivity index (χ2v) is 5.05. The van der Waals surface area contributed by atoms with E-state index in [-0.39, 0.29) is 5.91 Å². The van der Waals surface area contributed by atoms with Crippen molar-refractivity contribution in [3.05, 3.63) is 24.0 Å². The number of hydrogen-bond donors (Lipinski definition) is 2. The number of hydrogen-bond acceptors (Lipinski definition) is 4. The molecule has 3 rings (SSSR count). The summed E-state index contributed by atoms with van der Waals surface area (Å²) in [4.78, 5) is 15.9. The first kappa shape index (κ1) is 11.5. The molecule has 2 fully saturated rings. The summed E-state index contributed by atoms with van der Waals surface area (Å²) in [6.07, 6.45) is 5.67. The van der Waals surface area contributed by atoms with Crippen LogP contribution < -0.4 is 11.1 Å². The number of rotatable bonds is 3. The first-order chi connectivity index (χ1) is 8.72. The van der Waals surface area contributed by atoms with Crippen LogP contribution in [0.1, 0.15) is 29.8 Å². The number of nitrogens with one attached hydrogen (secondary N) is 1. The quantitative estimate of drug-likeness (QED) is 0.834. The largest absolute Gasteiger partial charge is 0.399 e. The summed E-state index contributed by atoms with van der Waals surface area (Å²) < 4.78 is 5.76. The van der Waals surface area contributed by atoms with Crippen LogP contribution in [-0.4, -0.2) is 29.6 Å². The number of nitrogens with two attached hydrogens (primary N) is 1. The molecule has 1 amide bonds. The van der Waals surface area contributed by atoms with Gasteiger partial charge in [-0.2, -0.15) is 0 Å². The highest BCUT2D eigenvalue weighted by Gasteiger charge is 2.40. The lowest BCUT2D eigenvalue weighted by molar-refractivity contribution is 0.0871. The molecule has 96 valence electrons. The van der Waals surface area contributed by atoms with E-state index >= 15 is 0 Å². The second-order valence-electron chi connectivity index (χ2n) is 5.05. The lowest BCUT2D eigenvalue weighted by atomic mass is 9.89. The van der Waals surface area contributed by atoms with Crippen LogP contribution in [0.5, 0.6) is 0 Å². The number of pyridine rings is 1. The Balaban J connectivity index is 1.56. The summed E-state index contributed by atoms with van der Waals surface area (Å²) >= 11 is 0. The third kappa shape index (κ3) is 2.18. The maximum Gasteiger partial charge on any atom is 0.269 e. The van der Waals surface area contributed by atoms with Crippen LogP contribution in [0.2, 0.25) is 0 Å². The Morgan fingerprint density at radius 2 is 2.44 bits per heavy atom. The highest BCUT2D eigenvalue weighted by Crippen LogP contribution is 2.38. The van der Waals surface area contributed by atoms with Gasteiger partial charge in [0.25, 0.3) is 5.91 Å². The molecule has 2 bridgehead atoms. The van der Waals surface area contributed by atoms with Gasteiger partial charge in [-0.15, -0.1) is 0 Å². The predicted molar refractivity (Wildman–Crippen MR) is 67.0 cm³/mol. The molecule has 1 aromatic heterocycles. The molecule has 0 saturated carbocycles. The van der Waals surface area contributed by atoms with Crippen molar-refractivity contribution in [1.29, 1.82) is 0 Å². The van der Waals surface area contributed by atoms with E-state index < -0.39 is 0 Å². The van der Waals surface area contributed by atoms with E-state index in [1.54, 1.807) is 18.3 Å². The minimum atomic E-state index is -0.162. The lowest BCUT2D eigenvalue weighted by Gasteiger charge is -2.18. The number of carbonyl (C=O) groups excluding carboxylic acids is 1. The fourth-order valence-electron chi connectivity index (χ4n) is 2.84. The number of anilines is 1. The highest BCUT2D eigenvalue weighted by atomic mass is 16.5. The molecule has 1 aromatic rings. The van der Waals surface area contributed by atoms with Gasteiger partial charge in [0, 0.05) is 24.3 Å². The van der Waals surface area contributed by atoms with E-state index in [0.717, 1.165) is 12.8 Å². The number of aromatic nitrogens is 1. The molecule has 3 unspecified atom stereocenters. The summed E-state index contributed by atoms with van der Waals surface area (Å²) in [5.41, 5.74) is 6.55. The molecule has 3 N–H and O–H groups in total. The van der Waals surface area contributed by atoms with Crippen LogP contribution in [0.4, 0.5) is 5.69 Å². The zero-order valence-corrected chi connectivity index (χ0v) is 10.1. The van der Waals surface area contributed by atoms with Crippen LogP contribution in [0.15, 0.2) is 18.3 Å². The summed E-state index contributed by atoms with van der Waals surface area (Å²) in [7, 11) is 0. The third-order valence-electron chi connectivity index (χ3n) is 3.77. The Kier molecular flexibility index (Phi) is 2.91.